The highest BCUT2D eigenvalue weighted by Gasteiger charge is 2.22. The summed E-state index contributed by atoms with van der Waals surface area (Å²) in [4.78, 5) is 8.02. The van der Waals surface area contributed by atoms with E-state index in [2.05, 4.69) is 52.3 Å². The summed E-state index contributed by atoms with van der Waals surface area (Å²) < 4.78 is 0. The zero-order valence-corrected chi connectivity index (χ0v) is 14.0. The van der Waals surface area contributed by atoms with Crippen LogP contribution in [0.5, 0.6) is 0 Å². The van der Waals surface area contributed by atoms with Crippen LogP contribution in [0.3, 0.4) is 0 Å². The van der Waals surface area contributed by atoms with E-state index in [1.165, 1.54) is 35.9 Å². The van der Waals surface area contributed by atoms with Crippen LogP contribution < -0.4 is 4.90 Å². The van der Waals surface area contributed by atoms with Crippen molar-refractivity contribution >= 4 is 16.6 Å². The maximum atomic E-state index is 9.13. The molecule has 24 heavy (non-hydrogen) atoms. The minimum absolute atomic E-state index is 0.642. The van der Waals surface area contributed by atoms with Crippen LogP contribution in [-0.2, 0) is 6.42 Å². The van der Waals surface area contributed by atoms with E-state index in [-0.39, 0.29) is 0 Å². The molecule has 1 aromatic carbocycles. The first-order valence-corrected chi connectivity index (χ1v) is 8.59. The smallest absolute Gasteiger partial charge is 0.0966 e. The van der Waals surface area contributed by atoms with Crippen molar-refractivity contribution in [2.45, 2.75) is 25.3 Å². The molecule has 4 nitrogen and oxygen atoms in total. The van der Waals surface area contributed by atoms with Gasteiger partial charge in [-0.05, 0) is 68.8 Å². The predicted octanol–water partition coefficient (Wildman–Crippen LogP) is 3.59. The summed E-state index contributed by atoms with van der Waals surface area (Å²) in [6, 6.07) is 9.42. The summed E-state index contributed by atoms with van der Waals surface area (Å²) >= 11 is 0. The minimum atomic E-state index is 0.642. The van der Waals surface area contributed by atoms with E-state index in [0.717, 1.165) is 17.7 Å². The molecule has 0 radical (unpaired) electrons. The number of allylic oxidation sites excluding steroid dienone is 2. The van der Waals surface area contributed by atoms with Gasteiger partial charge in [0.2, 0.25) is 0 Å². The van der Waals surface area contributed by atoms with Crippen molar-refractivity contribution in [1.82, 2.24) is 9.88 Å². The van der Waals surface area contributed by atoms with Gasteiger partial charge in [0.15, 0.2) is 0 Å². The minimum Gasteiger partial charge on any atom is -0.361 e. The van der Waals surface area contributed by atoms with Crippen molar-refractivity contribution in [1.29, 1.82) is 5.26 Å². The Morgan fingerprint density at radius 3 is 3.08 bits per heavy atom. The third-order valence-corrected chi connectivity index (χ3v) is 5.26. The van der Waals surface area contributed by atoms with Gasteiger partial charge in [-0.1, -0.05) is 0 Å². The Hall–Kier alpha value is -2.51. The van der Waals surface area contributed by atoms with Gasteiger partial charge in [-0.25, -0.2) is 0 Å². The molecule has 4 heteroatoms. The van der Waals surface area contributed by atoms with Crippen LogP contribution in [0.25, 0.3) is 10.9 Å². The van der Waals surface area contributed by atoms with Gasteiger partial charge in [0, 0.05) is 40.6 Å². The molecule has 0 aliphatic carbocycles. The maximum absolute atomic E-state index is 9.13. The molecule has 0 amide bonds. The Bertz CT molecular complexity index is 852. The summed E-state index contributed by atoms with van der Waals surface area (Å²) in [5.41, 5.74) is 4.51. The molecule has 2 aliphatic heterocycles. The number of anilines is 1. The Morgan fingerprint density at radius 1 is 1.38 bits per heavy atom. The fourth-order valence-corrected chi connectivity index (χ4v) is 3.81. The number of likely N-dealkylation sites (tertiary alicyclic amines) is 1. The average molecular weight is 318 g/mol. The lowest BCUT2D eigenvalue weighted by atomic mass is 10.0. The number of rotatable bonds is 3. The van der Waals surface area contributed by atoms with Crippen LogP contribution in [0.15, 0.2) is 48.3 Å². The molecule has 1 aromatic heterocycles. The van der Waals surface area contributed by atoms with E-state index in [1.807, 2.05) is 18.4 Å². The molecule has 3 heterocycles. The molecule has 0 saturated carbocycles. The number of hydrogen-bond donors (Lipinski definition) is 1. The summed E-state index contributed by atoms with van der Waals surface area (Å²) in [5, 5.41) is 10.4. The van der Waals surface area contributed by atoms with Crippen molar-refractivity contribution < 1.29 is 0 Å². The van der Waals surface area contributed by atoms with Crippen molar-refractivity contribution in [3.63, 3.8) is 0 Å². The number of hydrogen-bond acceptors (Lipinski definition) is 3. The van der Waals surface area contributed by atoms with E-state index < -0.39 is 0 Å². The third-order valence-electron chi connectivity index (χ3n) is 5.26. The molecular weight excluding hydrogens is 296 g/mol. The SMILES string of the molecule is CN1CCC[C@@H]1Cc1c[nH]c2ccc(N3C=CC=C(C#N)C3)cc12. The molecule has 2 aliphatic rings. The highest BCUT2D eigenvalue weighted by Crippen LogP contribution is 2.29. The fourth-order valence-electron chi connectivity index (χ4n) is 3.81. The van der Waals surface area contributed by atoms with E-state index in [9.17, 15) is 0 Å². The van der Waals surface area contributed by atoms with Crippen molar-refractivity contribution in [2.24, 2.45) is 0 Å². The Balaban J connectivity index is 1.63. The number of benzene rings is 1. The van der Waals surface area contributed by atoms with Gasteiger partial charge in [-0.15, -0.1) is 0 Å². The number of fused-ring (bicyclic) bond motifs is 1. The molecule has 1 N–H and O–H groups in total. The second kappa shape index (κ2) is 6.18. The maximum Gasteiger partial charge on any atom is 0.0966 e. The van der Waals surface area contributed by atoms with Crippen LogP contribution in [0.1, 0.15) is 18.4 Å². The van der Waals surface area contributed by atoms with Gasteiger partial charge in [0.05, 0.1) is 12.6 Å². The molecule has 1 atom stereocenters. The largest absolute Gasteiger partial charge is 0.361 e. The lowest BCUT2D eigenvalue weighted by molar-refractivity contribution is 0.310. The molecular formula is C20H22N4. The highest BCUT2D eigenvalue weighted by molar-refractivity contribution is 5.87. The normalized spacial score (nSPS) is 21.2. The quantitative estimate of drug-likeness (QED) is 0.941. The van der Waals surface area contributed by atoms with Gasteiger partial charge in [0.1, 0.15) is 0 Å². The molecule has 0 spiro atoms. The van der Waals surface area contributed by atoms with Crippen LogP contribution in [0.2, 0.25) is 0 Å². The van der Waals surface area contributed by atoms with Crippen molar-refractivity contribution in [3.05, 3.63) is 53.9 Å². The van der Waals surface area contributed by atoms with Crippen molar-refractivity contribution in [2.75, 3.05) is 25.0 Å². The van der Waals surface area contributed by atoms with Crippen LogP contribution in [0, 0.1) is 11.3 Å². The Morgan fingerprint density at radius 2 is 2.29 bits per heavy atom. The van der Waals surface area contributed by atoms with Gasteiger partial charge < -0.3 is 14.8 Å². The predicted molar refractivity (Wildman–Crippen MR) is 97.8 cm³/mol. The first-order valence-electron chi connectivity index (χ1n) is 8.59. The Kier molecular flexibility index (Phi) is 3.87. The first kappa shape index (κ1) is 15.0. The molecule has 1 fully saturated rings. The highest BCUT2D eigenvalue weighted by atomic mass is 15.1. The number of aromatic amines is 1. The zero-order chi connectivity index (χ0) is 16.5. The topological polar surface area (TPSA) is 46.1 Å². The van der Waals surface area contributed by atoms with Gasteiger partial charge in [-0.2, -0.15) is 5.26 Å². The fraction of sp³-hybridized carbons (Fsp3) is 0.350. The van der Waals surface area contributed by atoms with Crippen LogP contribution in [-0.4, -0.2) is 36.1 Å². The number of nitriles is 1. The van der Waals surface area contributed by atoms with Crippen LogP contribution >= 0.6 is 0 Å². The number of nitrogens with zero attached hydrogens (tertiary/aromatic N) is 3. The second-order valence-electron chi connectivity index (χ2n) is 6.80. The summed E-state index contributed by atoms with van der Waals surface area (Å²) in [7, 11) is 2.23. The van der Waals surface area contributed by atoms with E-state index in [4.69, 9.17) is 5.26 Å². The lowest BCUT2D eigenvalue weighted by Gasteiger charge is -2.23. The number of H-pyrrole nitrogens is 1. The van der Waals surface area contributed by atoms with E-state index in [0.29, 0.717) is 12.6 Å². The molecule has 0 bridgehead atoms. The average Bonchev–Trinajstić information content (AvgIpc) is 3.21. The van der Waals surface area contributed by atoms with E-state index >= 15 is 0 Å². The molecule has 0 unspecified atom stereocenters. The standard InChI is InChI=1S/C20H22N4/c1-23-8-3-5-17(23)10-16-13-22-20-7-6-18(11-19(16)20)24-9-2-4-15(12-21)14-24/h2,4,6-7,9,11,13,17,22H,3,5,8,10,14H2,1H3/t17-/m1/s1. The Labute approximate surface area is 142 Å². The van der Waals surface area contributed by atoms with Crippen molar-refractivity contribution in [3.8, 4) is 6.07 Å². The molecule has 1 saturated heterocycles. The third kappa shape index (κ3) is 2.72. The molecule has 2 aromatic rings. The van der Waals surface area contributed by atoms with E-state index in [1.54, 1.807) is 0 Å². The summed E-state index contributed by atoms with van der Waals surface area (Å²) in [5.74, 6) is 0. The van der Waals surface area contributed by atoms with Gasteiger partial charge >= 0.3 is 0 Å². The number of aromatic nitrogens is 1. The number of nitrogens with one attached hydrogen (secondary N) is 1. The summed E-state index contributed by atoms with van der Waals surface area (Å²) in [6.07, 6.45) is 11.7. The lowest BCUT2D eigenvalue weighted by Crippen LogP contribution is -2.26. The monoisotopic (exact) mass is 318 g/mol. The number of likely N-dealkylation sites (N-methyl/N-ethyl adjacent to an activating group) is 1. The van der Waals surface area contributed by atoms with Crippen LogP contribution in [0.4, 0.5) is 5.69 Å². The molecule has 4 rings (SSSR count). The van der Waals surface area contributed by atoms with Gasteiger partial charge in [0.25, 0.3) is 0 Å². The zero-order valence-electron chi connectivity index (χ0n) is 14.0. The van der Waals surface area contributed by atoms with Gasteiger partial charge in [-0.3, -0.25) is 0 Å². The molecule has 122 valence electrons. The summed E-state index contributed by atoms with van der Waals surface area (Å²) in [6.45, 7) is 1.85. The second-order valence-corrected chi connectivity index (χ2v) is 6.80. The first-order chi connectivity index (χ1) is 11.7.